The topological polar surface area (TPSA) is 3.24 Å². The van der Waals surface area contributed by atoms with E-state index < -0.39 is 0 Å². The zero-order valence-electron chi connectivity index (χ0n) is 9.58. The molecule has 0 spiro atoms. The Balaban J connectivity index is 2.02. The average Bonchev–Trinajstić information content (AvgIpc) is 2.59. The van der Waals surface area contributed by atoms with Crippen molar-refractivity contribution in [1.82, 2.24) is 4.90 Å². The highest BCUT2D eigenvalue weighted by atomic mass is 15.2. The van der Waals surface area contributed by atoms with Gasteiger partial charge in [0.25, 0.3) is 0 Å². The minimum absolute atomic E-state index is 0.759. The first-order valence-electron chi connectivity index (χ1n) is 6.27. The summed E-state index contributed by atoms with van der Waals surface area (Å²) in [6, 6.07) is 2.49. The summed E-state index contributed by atoms with van der Waals surface area (Å²) in [4.78, 5) is 2.77. The fourth-order valence-electron chi connectivity index (χ4n) is 3.20. The third kappa shape index (κ3) is 1.88. The Morgan fingerprint density at radius 3 is 2.86 bits per heavy atom. The van der Waals surface area contributed by atoms with E-state index in [1.165, 1.54) is 38.5 Å². The number of piperidine rings is 1. The molecule has 3 atom stereocenters. The summed E-state index contributed by atoms with van der Waals surface area (Å²) in [6.07, 6.45) is 13.1. The van der Waals surface area contributed by atoms with Gasteiger partial charge in [-0.25, -0.2) is 0 Å². The van der Waals surface area contributed by atoms with E-state index in [2.05, 4.69) is 30.9 Å². The highest BCUT2D eigenvalue weighted by Crippen LogP contribution is 2.35. The van der Waals surface area contributed by atoms with Crippen LogP contribution in [0.5, 0.6) is 0 Å². The second kappa shape index (κ2) is 4.48. The summed E-state index contributed by atoms with van der Waals surface area (Å²) in [5, 5.41) is 0. The summed E-state index contributed by atoms with van der Waals surface area (Å²) in [6.45, 7) is 4.63. The Hall–Kier alpha value is -0.300. The van der Waals surface area contributed by atoms with Gasteiger partial charge < -0.3 is 0 Å². The minimum Gasteiger partial charge on any atom is -0.291 e. The van der Waals surface area contributed by atoms with Gasteiger partial charge in [0.2, 0.25) is 0 Å². The number of allylic oxidation sites excluding steroid dienone is 1. The molecule has 2 aliphatic heterocycles. The van der Waals surface area contributed by atoms with E-state index in [0.29, 0.717) is 0 Å². The van der Waals surface area contributed by atoms with E-state index in [-0.39, 0.29) is 0 Å². The van der Waals surface area contributed by atoms with Gasteiger partial charge in [-0.2, -0.15) is 0 Å². The fourth-order valence-corrected chi connectivity index (χ4v) is 3.20. The van der Waals surface area contributed by atoms with Crippen LogP contribution in [0.25, 0.3) is 0 Å². The predicted octanol–water partition coefficient (Wildman–Crippen LogP) is 3.36. The minimum atomic E-state index is 0.759. The van der Waals surface area contributed by atoms with Crippen LogP contribution in [0, 0.1) is 0 Å². The van der Waals surface area contributed by atoms with Gasteiger partial charge in [0.1, 0.15) is 0 Å². The van der Waals surface area contributed by atoms with Crippen molar-refractivity contribution in [3.05, 3.63) is 12.2 Å². The van der Waals surface area contributed by atoms with Crippen LogP contribution in [0.3, 0.4) is 0 Å². The molecular weight excluding hydrogens is 170 g/mol. The molecule has 0 aromatic rings. The van der Waals surface area contributed by atoms with E-state index in [4.69, 9.17) is 0 Å². The molecule has 2 heterocycles. The van der Waals surface area contributed by atoms with Crippen LogP contribution in [-0.2, 0) is 0 Å². The maximum absolute atomic E-state index is 2.77. The molecular formula is C13H23N. The average molecular weight is 193 g/mol. The van der Waals surface area contributed by atoms with Crippen molar-refractivity contribution in [3.63, 3.8) is 0 Å². The monoisotopic (exact) mass is 193 g/mol. The summed E-state index contributed by atoms with van der Waals surface area (Å²) >= 11 is 0. The lowest BCUT2D eigenvalue weighted by molar-refractivity contribution is 0.110. The molecule has 2 aliphatic rings. The van der Waals surface area contributed by atoms with E-state index in [1.54, 1.807) is 0 Å². The van der Waals surface area contributed by atoms with Gasteiger partial charge in [0, 0.05) is 18.1 Å². The van der Waals surface area contributed by atoms with Crippen molar-refractivity contribution in [2.75, 3.05) is 0 Å². The summed E-state index contributed by atoms with van der Waals surface area (Å²) in [5.41, 5.74) is 0. The maximum Gasteiger partial charge on any atom is 0.0284 e. The summed E-state index contributed by atoms with van der Waals surface area (Å²) in [7, 11) is 0. The van der Waals surface area contributed by atoms with Crippen molar-refractivity contribution in [3.8, 4) is 0 Å². The third-order valence-corrected chi connectivity index (χ3v) is 3.86. The highest BCUT2D eigenvalue weighted by molar-refractivity contribution is 5.03. The van der Waals surface area contributed by atoms with Gasteiger partial charge >= 0.3 is 0 Å². The van der Waals surface area contributed by atoms with Crippen molar-refractivity contribution < 1.29 is 0 Å². The van der Waals surface area contributed by atoms with Crippen LogP contribution in [-0.4, -0.2) is 23.0 Å². The van der Waals surface area contributed by atoms with Crippen molar-refractivity contribution in [2.24, 2.45) is 0 Å². The van der Waals surface area contributed by atoms with E-state index in [9.17, 15) is 0 Å². The Morgan fingerprint density at radius 2 is 2.07 bits per heavy atom. The Kier molecular flexibility index (Phi) is 3.27. The van der Waals surface area contributed by atoms with Crippen molar-refractivity contribution >= 4 is 0 Å². The van der Waals surface area contributed by atoms with E-state index >= 15 is 0 Å². The smallest absolute Gasteiger partial charge is 0.0284 e. The first-order valence-corrected chi connectivity index (χ1v) is 6.27. The Labute approximate surface area is 88.2 Å². The molecule has 0 aromatic carbocycles. The van der Waals surface area contributed by atoms with Gasteiger partial charge in [0.15, 0.2) is 0 Å². The van der Waals surface area contributed by atoms with E-state index in [1.807, 2.05) is 0 Å². The first-order chi connectivity index (χ1) is 6.83. The molecule has 1 heteroatoms. The van der Waals surface area contributed by atoms with Crippen LogP contribution in [0.2, 0.25) is 0 Å². The van der Waals surface area contributed by atoms with Gasteiger partial charge in [-0.05, 0) is 39.0 Å². The molecule has 1 nitrogen and oxygen atoms in total. The van der Waals surface area contributed by atoms with Crippen LogP contribution in [0.15, 0.2) is 12.2 Å². The predicted molar refractivity (Wildman–Crippen MR) is 61.4 cm³/mol. The maximum atomic E-state index is 2.77. The molecule has 0 unspecified atom stereocenters. The fraction of sp³-hybridized carbons (Fsp3) is 0.846. The second-order valence-corrected chi connectivity index (χ2v) is 4.86. The lowest BCUT2D eigenvalue weighted by Crippen LogP contribution is -2.44. The normalized spacial score (nSPS) is 39.1. The third-order valence-electron chi connectivity index (χ3n) is 3.86. The number of rotatable bonds is 2. The lowest BCUT2D eigenvalue weighted by Gasteiger charge is -2.38. The van der Waals surface area contributed by atoms with Crippen LogP contribution < -0.4 is 0 Å². The summed E-state index contributed by atoms with van der Waals surface area (Å²) in [5.74, 6) is 0. The lowest BCUT2D eigenvalue weighted by atomic mass is 9.97. The van der Waals surface area contributed by atoms with Crippen LogP contribution in [0.1, 0.15) is 52.4 Å². The van der Waals surface area contributed by atoms with Gasteiger partial charge in [-0.15, -0.1) is 0 Å². The number of fused-ring (bicyclic) bond motifs is 1. The van der Waals surface area contributed by atoms with Crippen molar-refractivity contribution in [2.45, 2.75) is 70.5 Å². The molecule has 0 saturated carbocycles. The van der Waals surface area contributed by atoms with Gasteiger partial charge in [0.05, 0.1) is 0 Å². The number of nitrogens with zero attached hydrogens (tertiary/aromatic N) is 1. The largest absolute Gasteiger partial charge is 0.291 e. The molecule has 14 heavy (non-hydrogen) atoms. The van der Waals surface area contributed by atoms with E-state index in [0.717, 1.165) is 18.1 Å². The second-order valence-electron chi connectivity index (χ2n) is 4.86. The van der Waals surface area contributed by atoms with Crippen LogP contribution >= 0.6 is 0 Å². The zero-order valence-corrected chi connectivity index (χ0v) is 9.58. The molecule has 2 saturated heterocycles. The molecule has 0 radical (unpaired) electrons. The quantitative estimate of drug-likeness (QED) is 0.608. The summed E-state index contributed by atoms with van der Waals surface area (Å²) < 4.78 is 0. The zero-order chi connectivity index (χ0) is 9.97. The SMILES string of the molecule is CC/C=C\[C@@H]1CC[C@@H]2CCC[C@H](C)N21. The molecule has 0 amide bonds. The number of hydrogen-bond acceptors (Lipinski definition) is 1. The molecule has 80 valence electrons. The first kappa shape index (κ1) is 10.2. The molecule has 0 bridgehead atoms. The molecule has 2 rings (SSSR count). The standard InChI is InChI=1S/C13H23N/c1-3-4-7-12-9-10-13-8-5-6-11(2)14(12)13/h4,7,11-13H,3,5-6,8-10H2,1-2H3/b7-4-/t11-,12+,13-/m0/s1. The van der Waals surface area contributed by atoms with Crippen molar-refractivity contribution in [1.29, 1.82) is 0 Å². The number of hydrogen-bond donors (Lipinski definition) is 0. The van der Waals surface area contributed by atoms with Crippen LogP contribution in [0.4, 0.5) is 0 Å². The highest BCUT2D eigenvalue weighted by Gasteiger charge is 2.36. The molecule has 2 fully saturated rings. The Bertz CT molecular complexity index is 209. The van der Waals surface area contributed by atoms with Gasteiger partial charge in [-0.1, -0.05) is 25.5 Å². The molecule has 0 N–H and O–H groups in total. The molecule has 0 aromatic heterocycles. The van der Waals surface area contributed by atoms with Gasteiger partial charge in [-0.3, -0.25) is 4.90 Å². The molecule has 0 aliphatic carbocycles. The Morgan fingerprint density at radius 1 is 1.21 bits per heavy atom.